The third kappa shape index (κ3) is 4.26. The van der Waals surface area contributed by atoms with Gasteiger partial charge in [-0.25, -0.2) is 4.79 Å². The van der Waals surface area contributed by atoms with E-state index in [0.29, 0.717) is 18.3 Å². The molecular weight excluding hydrogens is 244 g/mol. The quantitative estimate of drug-likeness (QED) is 0.670. The predicted octanol–water partition coefficient (Wildman–Crippen LogP) is 0.428. The molecule has 6 heteroatoms. The Hall–Kier alpha value is -2.08. The van der Waals surface area contributed by atoms with Crippen LogP contribution in [0.2, 0.25) is 0 Å². The lowest BCUT2D eigenvalue weighted by molar-refractivity contribution is -0.121. The fourth-order valence-corrected chi connectivity index (χ4v) is 2.04. The standard InChI is InChI=1S/C13H18N4O2/c14-10-3-1-2-9(6-10)7-17(11-4-5-11)8-12(18)16-13(15)19/h1-3,6,11H,4-5,7-8,14H2,(H3,15,16,18,19). The summed E-state index contributed by atoms with van der Waals surface area (Å²) >= 11 is 0. The number of carbonyl (C=O) groups excluding carboxylic acids is 2. The summed E-state index contributed by atoms with van der Waals surface area (Å²) in [6.07, 6.45) is 2.15. The van der Waals surface area contributed by atoms with E-state index in [9.17, 15) is 9.59 Å². The van der Waals surface area contributed by atoms with Gasteiger partial charge in [0, 0.05) is 18.3 Å². The maximum Gasteiger partial charge on any atom is 0.318 e. The van der Waals surface area contributed by atoms with Crippen molar-refractivity contribution < 1.29 is 9.59 Å². The number of benzene rings is 1. The van der Waals surface area contributed by atoms with Gasteiger partial charge in [-0.05, 0) is 30.5 Å². The smallest absolute Gasteiger partial charge is 0.318 e. The second kappa shape index (κ2) is 5.71. The van der Waals surface area contributed by atoms with Crippen molar-refractivity contribution in [3.8, 4) is 0 Å². The molecule has 0 aromatic heterocycles. The van der Waals surface area contributed by atoms with Crippen LogP contribution in [0.3, 0.4) is 0 Å². The molecule has 0 heterocycles. The summed E-state index contributed by atoms with van der Waals surface area (Å²) in [7, 11) is 0. The van der Waals surface area contributed by atoms with Crippen LogP contribution in [0.25, 0.3) is 0 Å². The normalized spacial score (nSPS) is 14.4. The van der Waals surface area contributed by atoms with Gasteiger partial charge in [-0.3, -0.25) is 15.0 Å². The molecule has 1 saturated carbocycles. The van der Waals surface area contributed by atoms with Crippen molar-refractivity contribution in [1.82, 2.24) is 10.2 Å². The zero-order chi connectivity index (χ0) is 13.8. The van der Waals surface area contributed by atoms with Crippen molar-refractivity contribution in [3.05, 3.63) is 29.8 Å². The monoisotopic (exact) mass is 262 g/mol. The first-order chi connectivity index (χ1) is 9.04. The van der Waals surface area contributed by atoms with Crippen molar-refractivity contribution >= 4 is 17.6 Å². The molecule has 1 aliphatic rings. The summed E-state index contributed by atoms with van der Waals surface area (Å²) in [5.41, 5.74) is 12.4. The van der Waals surface area contributed by atoms with Crippen LogP contribution in [0.1, 0.15) is 18.4 Å². The molecule has 0 aliphatic heterocycles. The summed E-state index contributed by atoms with van der Waals surface area (Å²) in [5, 5.41) is 2.09. The highest BCUT2D eigenvalue weighted by Crippen LogP contribution is 2.28. The third-order valence-corrected chi connectivity index (χ3v) is 3.01. The number of nitrogen functional groups attached to an aromatic ring is 1. The highest BCUT2D eigenvalue weighted by molar-refractivity contribution is 5.94. The fourth-order valence-electron chi connectivity index (χ4n) is 2.04. The van der Waals surface area contributed by atoms with Crippen LogP contribution in [0, 0.1) is 0 Å². The van der Waals surface area contributed by atoms with Gasteiger partial charge < -0.3 is 11.5 Å². The van der Waals surface area contributed by atoms with E-state index in [4.69, 9.17) is 11.5 Å². The summed E-state index contributed by atoms with van der Waals surface area (Å²) < 4.78 is 0. The number of nitrogens with zero attached hydrogens (tertiary/aromatic N) is 1. The molecule has 0 bridgehead atoms. The number of hydrogen-bond acceptors (Lipinski definition) is 4. The van der Waals surface area contributed by atoms with Gasteiger partial charge in [-0.15, -0.1) is 0 Å². The molecule has 1 fully saturated rings. The summed E-state index contributed by atoms with van der Waals surface area (Å²) in [5.74, 6) is -0.372. The number of nitrogens with two attached hydrogens (primary N) is 2. The van der Waals surface area contributed by atoms with Crippen molar-refractivity contribution in [3.63, 3.8) is 0 Å². The topological polar surface area (TPSA) is 101 Å². The van der Waals surface area contributed by atoms with E-state index >= 15 is 0 Å². The number of anilines is 1. The van der Waals surface area contributed by atoms with E-state index < -0.39 is 6.03 Å². The lowest BCUT2D eigenvalue weighted by Gasteiger charge is -2.21. The molecule has 3 amide bonds. The van der Waals surface area contributed by atoms with E-state index in [0.717, 1.165) is 18.4 Å². The molecule has 1 aromatic rings. The minimum absolute atomic E-state index is 0.169. The van der Waals surface area contributed by atoms with Gasteiger partial charge in [-0.2, -0.15) is 0 Å². The van der Waals surface area contributed by atoms with Gasteiger partial charge >= 0.3 is 6.03 Å². The van der Waals surface area contributed by atoms with Crippen molar-refractivity contribution in [2.24, 2.45) is 5.73 Å². The number of urea groups is 1. The SMILES string of the molecule is NC(=O)NC(=O)CN(Cc1cccc(N)c1)C1CC1. The van der Waals surface area contributed by atoms with E-state index in [1.54, 1.807) is 0 Å². The van der Waals surface area contributed by atoms with Gasteiger partial charge in [-0.1, -0.05) is 12.1 Å². The summed E-state index contributed by atoms with van der Waals surface area (Å²) in [6.45, 7) is 0.810. The number of carbonyl (C=O) groups is 2. The van der Waals surface area contributed by atoms with Crippen LogP contribution in [0.15, 0.2) is 24.3 Å². The van der Waals surface area contributed by atoms with Gasteiger partial charge in [0.25, 0.3) is 0 Å². The van der Waals surface area contributed by atoms with Crippen molar-refractivity contribution in [2.45, 2.75) is 25.4 Å². The van der Waals surface area contributed by atoms with Crippen LogP contribution < -0.4 is 16.8 Å². The van der Waals surface area contributed by atoms with Gasteiger partial charge in [0.2, 0.25) is 5.91 Å². The molecule has 0 atom stereocenters. The van der Waals surface area contributed by atoms with Crippen LogP contribution in [-0.4, -0.2) is 29.4 Å². The Labute approximate surface area is 111 Å². The first-order valence-corrected chi connectivity index (χ1v) is 6.22. The minimum atomic E-state index is -0.815. The largest absolute Gasteiger partial charge is 0.399 e. The van der Waals surface area contributed by atoms with Crippen LogP contribution in [0.4, 0.5) is 10.5 Å². The van der Waals surface area contributed by atoms with Crippen LogP contribution in [0.5, 0.6) is 0 Å². The zero-order valence-electron chi connectivity index (χ0n) is 10.6. The third-order valence-electron chi connectivity index (χ3n) is 3.01. The van der Waals surface area contributed by atoms with Crippen molar-refractivity contribution in [2.75, 3.05) is 12.3 Å². The van der Waals surface area contributed by atoms with E-state index in [1.807, 2.05) is 29.2 Å². The maximum absolute atomic E-state index is 11.6. The molecule has 2 rings (SSSR count). The Morgan fingerprint density at radius 3 is 2.68 bits per heavy atom. The number of imide groups is 1. The first kappa shape index (κ1) is 13.4. The molecule has 0 unspecified atom stereocenters. The molecule has 1 aliphatic carbocycles. The fraction of sp³-hybridized carbons (Fsp3) is 0.385. The zero-order valence-corrected chi connectivity index (χ0v) is 10.6. The average Bonchev–Trinajstić information content (AvgIpc) is 3.10. The molecular formula is C13H18N4O2. The van der Waals surface area contributed by atoms with Gasteiger partial charge in [0.15, 0.2) is 0 Å². The summed E-state index contributed by atoms with van der Waals surface area (Å²) in [6, 6.07) is 7.16. The number of rotatable bonds is 5. The Morgan fingerprint density at radius 2 is 2.11 bits per heavy atom. The predicted molar refractivity (Wildman–Crippen MR) is 72.0 cm³/mol. The molecule has 0 radical (unpaired) electrons. The highest BCUT2D eigenvalue weighted by atomic mass is 16.2. The first-order valence-electron chi connectivity index (χ1n) is 6.22. The Bertz CT molecular complexity index is 485. The van der Waals surface area contributed by atoms with E-state index in [-0.39, 0.29) is 12.5 Å². The maximum atomic E-state index is 11.6. The average molecular weight is 262 g/mol. The van der Waals surface area contributed by atoms with Crippen LogP contribution in [-0.2, 0) is 11.3 Å². The Morgan fingerprint density at radius 1 is 1.37 bits per heavy atom. The second-order valence-electron chi connectivity index (χ2n) is 4.79. The van der Waals surface area contributed by atoms with Gasteiger partial charge in [0.05, 0.1) is 6.54 Å². The molecule has 0 spiro atoms. The minimum Gasteiger partial charge on any atom is -0.399 e. The van der Waals surface area contributed by atoms with Crippen LogP contribution >= 0.6 is 0 Å². The lowest BCUT2D eigenvalue weighted by atomic mass is 10.2. The molecule has 5 N–H and O–H groups in total. The Balaban J connectivity index is 1.96. The van der Waals surface area contributed by atoms with Gasteiger partial charge in [0.1, 0.15) is 0 Å². The molecule has 6 nitrogen and oxygen atoms in total. The van der Waals surface area contributed by atoms with Crippen molar-refractivity contribution in [1.29, 1.82) is 0 Å². The van der Waals surface area contributed by atoms with E-state index in [1.165, 1.54) is 0 Å². The molecule has 102 valence electrons. The molecule has 0 saturated heterocycles. The molecule has 19 heavy (non-hydrogen) atoms. The second-order valence-corrected chi connectivity index (χ2v) is 4.79. The summed E-state index contributed by atoms with van der Waals surface area (Å²) in [4.78, 5) is 24.2. The molecule has 1 aromatic carbocycles. The lowest BCUT2D eigenvalue weighted by Crippen LogP contribution is -2.42. The highest BCUT2D eigenvalue weighted by Gasteiger charge is 2.30. The Kier molecular flexibility index (Phi) is 4.01. The number of amides is 3. The number of nitrogens with one attached hydrogen (secondary N) is 1. The number of primary amides is 1. The van der Waals surface area contributed by atoms with E-state index in [2.05, 4.69) is 5.32 Å². The number of hydrogen-bond donors (Lipinski definition) is 3.